The molecule has 0 saturated carbocycles. The van der Waals surface area contributed by atoms with Gasteiger partial charge in [-0.25, -0.2) is 9.59 Å². The second-order valence-electron chi connectivity index (χ2n) is 6.23. The third-order valence-electron chi connectivity index (χ3n) is 4.40. The number of carbonyl (C=O) groups excluding carboxylic acids is 3. The van der Waals surface area contributed by atoms with Crippen molar-refractivity contribution >= 4 is 40.6 Å². The molecule has 1 aliphatic rings. The molecule has 1 aromatic heterocycles. The van der Waals surface area contributed by atoms with Gasteiger partial charge < -0.3 is 20.3 Å². The van der Waals surface area contributed by atoms with Crippen LogP contribution in [0, 0.1) is 5.92 Å². The molecule has 2 N–H and O–H groups in total. The Balaban J connectivity index is 1.60. The van der Waals surface area contributed by atoms with E-state index in [9.17, 15) is 14.4 Å². The number of nitrogens with one attached hydrogen (secondary N) is 2. The second-order valence-corrected chi connectivity index (χ2v) is 7.14. The minimum Gasteiger partial charge on any atom is -0.465 e. The number of ether oxygens (including phenoxy) is 1. The summed E-state index contributed by atoms with van der Waals surface area (Å²) in [6.45, 7) is 0.904. The molecule has 0 bridgehead atoms. The highest BCUT2D eigenvalue weighted by atomic mass is 32.1. The van der Waals surface area contributed by atoms with Crippen LogP contribution in [-0.4, -0.2) is 43.0 Å². The Bertz CT molecular complexity index is 821. The van der Waals surface area contributed by atoms with E-state index in [2.05, 4.69) is 10.6 Å². The molecule has 27 heavy (non-hydrogen) atoms. The first-order valence-electron chi connectivity index (χ1n) is 8.66. The molecule has 7 nitrogen and oxygen atoms in total. The highest BCUT2D eigenvalue weighted by Crippen LogP contribution is 2.25. The van der Waals surface area contributed by atoms with E-state index in [1.807, 2.05) is 30.3 Å². The summed E-state index contributed by atoms with van der Waals surface area (Å²) in [6, 6.07) is 10.6. The van der Waals surface area contributed by atoms with Crippen LogP contribution in [0.2, 0.25) is 0 Å². The molecule has 1 aromatic carbocycles. The van der Waals surface area contributed by atoms with Gasteiger partial charge in [0.2, 0.25) is 5.91 Å². The number of carbonyl (C=O) groups is 3. The van der Waals surface area contributed by atoms with E-state index in [4.69, 9.17) is 4.74 Å². The van der Waals surface area contributed by atoms with Gasteiger partial charge >= 0.3 is 12.0 Å². The maximum atomic E-state index is 12.6. The Hall–Kier alpha value is -2.87. The molecule has 1 aliphatic heterocycles. The molecule has 142 valence electrons. The van der Waals surface area contributed by atoms with Crippen molar-refractivity contribution in [2.75, 3.05) is 30.8 Å². The standard InChI is InChI=1S/C19H21N3O4S/c1-26-18(24)16-15(9-11-27-16)21-19(25)22-10-5-6-13(12-22)17(23)20-14-7-3-2-4-8-14/h2-4,7-9,11,13H,5-6,10,12H2,1H3,(H,20,23)(H,21,25)/t13-/m0/s1. The number of hydrogen-bond acceptors (Lipinski definition) is 5. The minimum atomic E-state index is -0.487. The third kappa shape index (κ3) is 4.65. The predicted octanol–water partition coefficient (Wildman–Crippen LogP) is 3.42. The van der Waals surface area contributed by atoms with Gasteiger partial charge in [-0.2, -0.15) is 0 Å². The summed E-state index contributed by atoms with van der Waals surface area (Å²) in [7, 11) is 1.30. The van der Waals surface area contributed by atoms with Crippen molar-refractivity contribution in [2.45, 2.75) is 12.8 Å². The number of rotatable bonds is 4. The average molecular weight is 387 g/mol. The van der Waals surface area contributed by atoms with Gasteiger partial charge in [0.15, 0.2) is 0 Å². The lowest BCUT2D eigenvalue weighted by Crippen LogP contribution is -2.45. The van der Waals surface area contributed by atoms with Crippen LogP contribution in [0.4, 0.5) is 16.2 Å². The molecule has 2 heterocycles. The molecule has 1 saturated heterocycles. The van der Waals surface area contributed by atoms with E-state index in [0.29, 0.717) is 23.7 Å². The van der Waals surface area contributed by atoms with Crippen molar-refractivity contribution in [1.82, 2.24) is 4.90 Å². The van der Waals surface area contributed by atoms with E-state index < -0.39 is 5.97 Å². The molecule has 8 heteroatoms. The lowest BCUT2D eigenvalue weighted by atomic mass is 9.97. The van der Waals surface area contributed by atoms with Crippen molar-refractivity contribution in [1.29, 1.82) is 0 Å². The van der Waals surface area contributed by atoms with Gasteiger partial charge in [0, 0.05) is 18.8 Å². The summed E-state index contributed by atoms with van der Waals surface area (Å²) in [5, 5.41) is 7.36. The summed E-state index contributed by atoms with van der Waals surface area (Å²) >= 11 is 1.21. The van der Waals surface area contributed by atoms with Gasteiger partial charge in [-0.3, -0.25) is 4.79 Å². The molecule has 3 rings (SSSR count). The first-order chi connectivity index (χ1) is 13.1. The highest BCUT2D eigenvalue weighted by molar-refractivity contribution is 7.12. The van der Waals surface area contributed by atoms with Crippen LogP contribution in [0.25, 0.3) is 0 Å². The molecule has 2 aromatic rings. The van der Waals surface area contributed by atoms with Crippen molar-refractivity contribution in [3.8, 4) is 0 Å². The number of benzene rings is 1. The number of hydrogen-bond donors (Lipinski definition) is 2. The molecule has 0 radical (unpaired) electrons. The van der Waals surface area contributed by atoms with E-state index in [-0.39, 0.29) is 17.9 Å². The Morgan fingerprint density at radius 1 is 1.15 bits per heavy atom. The second kappa shape index (κ2) is 8.68. The molecular formula is C19H21N3O4S. The average Bonchev–Trinajstić information content (AvgIpc) is 3.16. The number of urea groups is 1. The Kier molecular flexibility index (Phi) is 6.08. The number of piperidine rings is 1. The number of esters is 1. The molecule has 0 unspecified atom stereocenters. The molecule has 0 spiro atoms. The summed E-state index contributed by atoms with van der Waals surface area (Å²) in [5.74, 6) is -0.851. The van der Waals surface area contributed by atoms with Crippen molar-refractivity contribution < 1.29 is 19.1 Å². The fourth-order valence-corrected chi connectivity index (χ4v) is 3.76. The van der Waals surface area contributed by atoms with Gasteiger partial charge in [0.25, 0.3) is 0 Å². The van der Waals surface area contributed by atoms with Crippen LogP contribution in [0.15, 0.2) is 41.8 Å². The Morgan fingerprint density at radius 3 is 2.67 bits per heavy atom. The van der Waals surface area contributed by atoms with E-state index >= 15 is 0 Å². The number of likely N-dealkylation sites (tertiary alicyclic amines) is 1. The molecule has 1 fully saturated rings. The number of methoxy groups -OCH3 is 1. The van der Waals surface area contributed by atoms with Crippen molar-refractivity contribution in [2.24, 2.45) is 5.92 Å². The van der Waals surface area contributed by atoms with Crippen molar-refractivity contribution in [3.63, 3.8) is 0 Å². The third-order valence-corrected chi connectivity index (χ3v) is 5.29. The maximum absolute atomic E-state index is 12.6. The quantitative estimate of drug-likeness (QED) is 0.787. The number of amides is 3. The van der Waals surface area contributed by atoms with Crippen LogP contribution < -0.4 is 10.6 Å². The molecule has 0 aliphatic carbocycles. The number of anilines is 2. The number of nitrogens with zero attached hydrogens (tertiary/aromatic N) is 1. The molecule has 1 atom stereocenters. The van der Waals surface area contributed by atoms with Crippen LogP contribution in [0.3, 0.4) is 0 Å². The normalized spacial score (nSPS) is 16.5. The first kappa shape index (κ1) is 18.9. The zero-order chi connectivity index (χ0) is 19.2. The molecule has 3 amide bonds. The largest absolute Gasteiger partial charge is 0.465 e. The van der Waals surface area contributed by atoms with Crippen molar-refractivity contribution in [3.05, 3.63) is 46.7 Å². The van der Waals surface area contributed by atoms with Gasteiger partial charge in [-0.15, -0.1) is 11.3 Å². The monoisotopic (exact) mass is 387 g/mol. The van der Waals surface area contributed by atoms with E-state index in [0.717, 1.165) is 18.5 Å². The first-order valence-corrected chi connectivity index (χ1v) is 9.54. The number of para-hydroxylation sites is 1. The predicted molar refractivity (Wildman–Crippen MR) is 104 cm³/mol. The summed E-state index contributed by atoms with van der Waals surface area (Å²) in [6.07, 6.45) is 1.47. The van der Waals surface area contributed by atoms with Gasteiger partial charge in [-0.1, -0.05) is 18.2 Å². The van der Waals surface area contributed by atoms with Crippen LogP contribution in [-0.2, 0) is 9.53 Å². The SMILES string of the molecule is COC(=O)c1sccc1NC(=O)N1CCC[C@H](C(=O)Nc2ccccc2)C1. The van der Waals surface area contributed by atoms with E-state index in [1.54, 1.807) is 16.3 Å². The zero-order valence-electron chi connectivity index (χ0n) is 14.9. The minimum absolute atomic E-state index is 0.0931. The fourth-order valence-electron chi connectivity index (χ4n) is 2.99. The maximum Gasteiger partial charge on any atom is 0.350 e. The van der Waals surface area contributed by atoms with Gasteiger partial charge in [0.05, 0.1) is 18.7 Å². The lowest BCUT2D eigenvalue weighted by molar-refractivity contribution is -0.121. The van der Waals surface area contributed by atoms with E-state index in [1.165, 1.54) is 18.4 Å². The van der Waals surface area contributed by atoms with Gasteiger partial charge in [-0.05, 0) is 36.4 Å². The molecular weight excluding hydrogens is 366 g/mol. The highest BCUT2D eigenvalue weighted by Gasteiger charge is 2.29. The Morgan fingerprint density at radius 2 is 1.93 bits per heavy atom. The van der Waals surface area contributed by atoms with Crippen LogP contribution >= 0.6 is 11.3 Å². The summed E-state index contributed by atoms with van der Waals surface area (Å²) in [5.41, 5.74) is 1.16. The van der Waals surface area contributed by atoms with Gasteiger partial charge in [0.1, 0.15) is 4.88 Å². The van der Waals surface area contributed by atoms with Crippen LogP contribution in [0.5, 0.6) is 0 Å². The zero-order valence-corrected chi connectivity index (χ0v) is 15.8. The number of thiophene rings is 1. The fraction of sp³-hybridized carbons (Fsp3) is 0.316. The summed E-state index contributed by atoms with van der Waals surface area (Å²) in [4.78, 5) is 38.8. The summed E-state index contributed by atoms with van der Waals surface area (Å²) < 4.78 is 4.72. The lowest BCUT2D eigenvalue weighted by Gasteiger charge is -2.32. The topological polar surface area (TPSA) is 87.7 Å². The van der Waals surface area contributed by atoms with Crippen LogP contribution in [0.1, 0.15) is 22.5 Å². The Labute approximate surface area is 161 Å². The smallest absolute Gasteiger partial charge is 0.350 e.